The number of phenols is 1. The van der Waals surface area contributed by atoms with Gasteiger partial charge in [-0.05, 0) is 70.2 Å². The van der Waals surface area contributed by atoms with Crippen molar-refractivity contribution >= 4 is 5.97 Å². The third-order valence-electron chi connectivity index (χ3n) is 6.63. The molecule has 0 radical (unpaired) electrons. The van der Waals surface area contributed by atoms with Gasteiger partial charge >= 0.3 is 5.97 Å². The first-order valence-electron chi connectivity index (χ1n) is 10.5. The predicted octanol–water partition coefficient (Wildman–Crippen LogP) is 3.36. The van der Waals surface area contributed by atoms with E-state index in [-0.39, 0.29) is 41.4 Å². The van der Waals surface area contributed by atoms with Crippen LogP contribution < -0.4 is 5.32 Å². The zero-order valence-corrected chi connectivity index (χ0v) is 16.8. The van der Waals surface area contributed by atoms with E-state index in [1.165, 1.54) is 11.1 Å². The van der Waals surface area contributed by atoms with Crippen LogP contribution in [0, 0.1) is 11.8 Å². The van der Waals surface area contributed by atoms with Gasteiger partial charge in [-0.1, -0.05) is 23.8 Å². The first kappa shape index (κ1) is 19.5. The number of aromatic hydroxyl groups is 1. The van der Waals surface area contributed by atoms with Gasteiger partial charge in [0.2, 0.25) is 0 Å². The lowest BCUT2D eigenvalue weighted by atomic mass is 9.80. The molecule has 2 saturated heterocycles. The number of carbonyl (C=O) groups is 1. The molecule has 2 heterocycles. The molecule has 0 unspecified atom stereocenters. The number of ether oxygens (including phenoxy) is 2. The van der Waals surface area contributed by atoms with Gasteiger partial charge in [0, 0.05) is 12.5 Å². The van der Waals surface area contributed by atoms with Crippen LogP contribution in [0.2, 0.25) is 0 Å². The fourth-order valence-electron chi connectivity index (χ4n) is 4.73. The van der Waals surface area contributed by atoms with Crippen LogP contribution in [0.3, 0.4) is 0 Å². The van der Waals surface area contributed by atoms with Crippen molar-refractivity contribution in [2.45, 2.75) is 63.8 Å². The quantitative estimate of drug-likeness (QED) is 0.352. The molecule has 0 amide bonds. The number of allylic oxidation sites excluding steroid dienone is 2. The number of hydrogen-bond donors (Lipinski definition) is 2. The zero-order chi connectivity index (χ0) is 19.7. The van der Waals surface area contributed by atoms with Gasteiger partial charge in [0.25, 0.3) is 0 Å². The third-order valence-corrected chi connectivity index (χ3v) is 6.63. The van der Waals surface area contributed by atoms with Gasteiger partial charge in [-0.2, -0.15) is 0 Å². The Morgan fingerprint density at radius 1 is 1.29 bits per heavy atom. The van der Waals surface area contributed by atoms with Gasteiger partial charge in [-0.3, -0.25) is 4.79 Å². The second-order valence-electron chi connectivity index (χ2n) is 8.77. The van der Waals surface area contributed by atoms with Crippen LogP contribution in [0.25, 0.3) is 0 Å². The summed E-state index contributed by atoms with van der Waals surface area (Å²) in [5, 5.41) is 12.8. The van der Waals surface area contributed by atoms with Crippen molar-refractivity contribution in [1.29, 1.82) is 0 Å². The van der Waals surface area contributed by atoms with Gasteiger partial charge in [-0.25, -0.2) is 0 Å². The van der Waals surface area contributed by atoms with Gasteiger partial charge in [-0.15, -0.1) is 0 Å². The molecule has 4 rings (SSSR count). The standard InChI is InChI=1S/C23H31NO4/c1-15-4-3-12-23(2)21(28-23)20-18(10-5-15)19(22(26)27-20)14-24-13-11-16-6-8-17(25)9-7-16/h4,6-9,18-21,24-25H,3,5,10-14H2,1-2H3/t18-,19-,20-,21-,23+/m0/s1. The van der Waals surface area contributed by atoms with Gasteiger partial charge in [0.05, 0.1) is 11.5 Å². The Morgan fingerprint density at radius 3 is 2.86 bits per heavy atom. The summed E-state index contributed by atoms with van der Waals surface area (Å²) in [6, 6.07) is 7.27. The molecule has 5 heteroatoms. The molecule has 5 atom stereocenters. The van der Waals surface area contributed by atoms with Crippen molar-refractivity contribution in [2.75, 3.05) is 13.1 Å². The Hall–Kier alpha value is -1.85. The van der Waals surface area contributed by atoms with Crippen molar-refractivity contribution in [3.63, 3.8) is 0 Å². The molecule has 2 fully saturated rings. The molecule has 1 aromatic rings. The lowest BCUT2D eigenvalue weighted by Gasteiger charge is -2.22. The molecule has 152 valence electrons. The van der Waals surface area contributed by atoms with Crippen LogP contribution in [0.15, 0.2) is 35.9 Å². The van der Waals surface area contributed by atoms with Crippen LogP contribution in [-0.4, -0.2) is 42.0 Å². The largest absolute Gasteiger partial charge is 0.508 e. The summed E-state index contributed by atoms with van der Waals surface area (Å²) >= 11 is 0. The molecule has 2 N–H and O–H groups in total. The molecule has 0 bridgehead atoms. The van der Waals surface area contributed by atoms with Gasteiger partial charge < -0.3 is 19.9 Å². The van der Waals surface area contributed by atoms with Gasteiger partial charge in [0.1, 0.15) is 18.0 Å². The van der Waals surface area contributed by atoms with E-state index in [0.717, 1.165) is 38.6 Å². The van der Waals surface area contributed by atoms with Crippen LogP contribution in [0.4, 0.5) is 0 Å². The smallest absolute Gasteiger partial charge is 0.311 e. The molecular weight excluding hydrogens is 354 g/mol. The van der Waals surface area contributed by atoms with E-state index in [4.69, 9.17) is 9.47 Å². The minimum Gasteiger partial charge on any atom is -0.508 e. The highest BCUT2D eigenvalue weighted by molar-refractivity contribution is 5.75. The average molecular weight is 386 g/mol. The minimum atomic E-state index is -0.140. The monoisotopic (exact) mass is 385 g/mol. The van der Waals surface area contributed by atoms with Crippen molar-refractivity contribution in [3.05, 3.63) is 41.5 Å². The fraction of sp³-hybridized carbons (Fsp3) is 0.609. The summed E-state index contributed by atoms with van der Waals surface area (Å²) in [5.41, 5.74) is 2.43. The Morgan fingerprint density at radius 2 is 2.07 bits per heavy atom. The molecule has 0 spiro atoms. The van der Waals surface area contributed by atoms with Crippen LogP contribution >= 0.6 is 0 Å². The molecule has 1 aliphatic carbocycles. The maximum atomic E-state index is 12.6. The summed E-state index contributed by atoms with van der Waals surface area (Å²) < 4.78 is 11.9. The molecule has 1 aromatic carbocycles. The second-order valence-corrected chi connectivity index (χ2v) is 8.77. The van der Waals surface area contributed by atoms with E-state index in [1.807, 2.05) is 12.1 Å². The molecule has 0 aromatic heterocycles. The number of nitrogens with one attached hydrogen (secondary N) is 1. The SMILES string of the molecule is CC1=CCC[C@@]2(C)O[C@H]2[C@H]2OC(=O)[C@@H](CNCCc3ccc(O)cc3)[C@@H]2CC1. The maximum Gasteiger partial charge on any atom is 0.311 e. The highest BCUT2D eigenvalue weighted by atomic mass is 16.6. The maximum absolute atomic E-state index is 12.6. The van der Waals surface area contributed by atoms with Crippen LogP contribution in [0.1, 0.15) is 45.1 Å². The van der Waals surface area contributed by atoms with E-state index in [1.54, 1.807) is 12.1 Å². The summed E-state index contributed by atoms with van der Waals surface area (Å²) in [4.78, 5) is 12.6. The Labute approximate surface area is 167 Å². The topological polar surface area (TPSA) is 71.1 Å². The number of carbonyl (C=O) groups excluding carboxylic acids is 1. The molecule has 5 nitrogen and oxygen atoms in total. The summed E-state index contributed by atoms with van der Waals surface area (Å²) in [6.07, 6.45) is 7.15. The summed E-state index contributed by atoms with van der Waals surface area (Å²) in [6.45, 7) is 5.77. The van der Waals surface area contributed by atoms with E-state index in [2.05, 4.69) is 25.2 Å². The highest BCUT2D eigenvalue weighted by Gasteiger charge is 2.62. The summed E-state index contributed by atoms with van der Waals surface area (Å²) in [5.74, 6) is 0.310. The van der Waals surface area contributed by atoms with E-state index >= 15 is 0 Å². The Kier molecular flexibility index (Phi) is 5.48. The molecule has 2 aliphatic heterocycles. The molecular formula is C23H31NO4. The normalized spacial score (nSPS) is 34.8. The first-order valence-corrected chi connectivity index (χ1v) is 10.5. The van der Waals surface area contributed by atoms with E-state index in [9.17, 15) is 9.90 Å². The summed E-state index contributed by atoms with van der Waals surface area (Å²) in [7, 11) is 0. The Balaban J connectivity index is 1.36. The van der Waals surface area contributed by atoms with Crippen molar-refractivity contribution < 1.29 is 19.4 Å². The number of benzene rings is 1. The lowest BCUT2D eigenvalue weighted by molar-refractivity contribution is -0.144. The molecule has 3 aliphatic rings. The molecule has 0 saturated carbocycles. The van der Waals surface area contributed by atoms with Crippen LogP contribution in [-0.2, 0) is 20.7 Å². The lowest BCUT2D eigenvalue weighted by Crippen LogP contribution is -2.35. The number of epoxide rings is 1. The number of hydrogen-bond acceptors (Lipinski definition) is 5. The Bertz CT molecular complexity index is 743. The van der Waals surface area contributed by atoms with Gasteiger partial charge in [0.15, 0.2) is 0 Å². The zero-order valence-electron chi connectivity index (χ0n) is 16.8. The predicted molar refractivity (Wildman–Crippen MR) is 107 cm³/mol. The number of phenolic OH excluding ortho intramolecular Hbond substituents is 1. The number of fused-ring (bicyclic) bond motifs is 3. The highest BCUT2D eigenvalue weighted by Crippen LogP contribution is 2.50. The second kappa shape index (κ2) is 7.88. The number of esters is 1. The first-order chi connectivity index (χ1) is 13.5. The number of rotatable bonds is 5. The van der Waals surface area contributed by atoms with E-state index in [0.29, 0.717) is 6.54 Å². The third kappa shape index (κ3) is 4.11. The van der Waals surface area contributed by atoms with Crippen molar-refractivity contribution in [2.24, 2.45) is 11.8 Å². The van der Waals surface area contributed by atoms with Crippen molar-refractivity contribution in [3.8, 4) is 5.75 Å². The fourth-order valence-corrected chi connectivity index (χ4v) is 4.73. The van der Waals surface area contributed by atoms with E-state index < -0.39 is 0 Å². The minimum absolute atomic E-state index is 0.0512. The average Bonchev–Trinajstić information content (AvgIpc) is 3.23. The molecule has 28 heavy (non-hydrogen) atoms. The van der Waals surface area contributed by atoms with Crippen molar-refractivity contribution in [1.82, 2.24) is 5.32 Å². The van der Waals surface area contributed by atoms with Crippen LogP contribution in [0.5, 0.6) is 5.75 Å².